The van der Waals surface area contributed by atoms with E-state index in [1.807, 2.05) is 24.3 Å². The van der Waals surface area contributed by atoms with E-state index in [0.29, 0.717) is 0 Å². The Kier molecular flexibility index (Phi) is 10.3. The first-order valence-corrected chi connectivity index (χ1v) is 28.6. The molecule has 0 N–H and O–H groups in total. The molecule has 9 aromatic carbocycles. The molecule has 1 aliphatic heterocycles. The van der Waals surface area contributed by atoms with Crippen LogP contribution in [0, 0.1) is 7.14 Å². The Morgan fingerprint density at radius 1 is 0.458 bits per heavy atom. The summed E-state index contributed by atoms with van der Waals surface area (Å²) < 4.78 is 9.34. The van der Waals surface area contributed by atoms with E-state index >= 15 is 0 Å². The van der Waals surface area contributed by atoms with E-state index in [1.165, 1.54) is 85.1 Å². The van der Waals surface area contributed by atoms with E-state index in [-0.39, 0.29) is 5.54 Å². The van der Waals surface area contributed by atoms with E-state index in [4.69, 9.17) is 9.97 Å². The molecule has 0 amide bonds. The van der Waals surface area contributed by atoms with Gasteiger partial charge in [0.15, 0.2) is 0 Å². The third-order valence-corrected chi connectivity index (χ3v) is 21.2. The van der Waals surface area contributed by atoms with Crippen LogP contribution in [0.1, 0.15) is 25.3 Å². The maximum absolute atomic E-state index is 5.16. The maximum atomic E-state index is 5.16. The van der Waals surface area contributed by atoms with Crippen LogP contribution in [0.25, 0.3) is 99.9 Å². The van der Waals surface area contributed by atoms with Crippen LogP contribution in [0.2, 0.25) is 0 Å². The molecule has 4 heterocycles. The molecular formula is C67H49IN4. The first-order valence-electron chi connectivity index (χ1n) is 24.9. The number of alkyl halides is 1. The van der Waals surface area contributed by atoms with Crippen molar-refractivity contribution in [2.45, 2.75) is 25.3 Å². The van der Waals surface area contributed by atoms with Crippen molar-refractivity contribution in [1.29, 1.82) is 0 Å². The minimum atomic E-state index is -1.99. The number of allylic oxidation sites excluding steroid dienone is 4. The van der Waals surface area contributed by atoms with Crippen molar-refractivity contribution in [2.24, 2.45) is 0 Å². The van der Waals surface area contributed by atoms with E-state index in [1.54, 1.807) is 3.57 Å². The Balaban J connectivity index is 0.868. The minimum absolute atomic E-state index is 0.279. The number of hydrogen-bond acceptors (Lipinski definition) is 2. The van der Waals surface area contributed by atoms with Crippen molar-refractivity contribution in [3.63, 3.8) is 0 Å². The van der Waals surface area contributed by atoms with Crippen LogP contribution in [-0.2, 0) is 5.54 Å². The second-order valence-electron chi connectivity index (χ2n) is 19.4. The van der Waals surface area contributed by atoms with Crippen LogP contribution in [0.5, 0.6) is 0 Å². The molecule has 1 atom stereocenters. The first-order chi connectivity index (χ1) is 35.5. The summed E-state index contributed by atoms with van der Waals surface area (Å²) in [5.41, 5.74) is 17.7. The number of fused-ring (bicyclic) bond motifs is 8. The summed E-state index contributed by atoms with van der Waals surface area (Å²) >= 11 is -1.99. The number of para-hydroxylation sites is 4. The van der Waals surface area contributed by atoms with Gasteiger partial charge >= 0.3 is 393 Å². The SMILES string of the molecule is CC1(n2c3ccccc3c3ccccc32)C=CC2=C(C1)c1cc(-n3c4ccccc4c4ccccc43)ccc1I(c1ccc(-c3cccc(-c4cc(-c5ccccc5)nc(-c5ccccc5)n4)c3)cc1)CC2. The van der Waals surface area contributed by atoms with Crippen LogP contribution in [0.3, 0.4) is 0 Å². The van der Waals surface area contributed by atoms with E-state index in [0.717, 1.165) is 46.7 Å². The predicted molar refractivity (Wildman–Crippen MR) is 309 cm³/mol. The van der Waals surface area contributed by atoms with Gasteiger partial charge in [-0.2, -0.15) is 0 Å². The molecule has 1 unspecified atom stereocenters. The van der Waals surface area contributed by atoms with Gasteiger partial charge in [0.05, 0.1) is 0 Å². The topological polar surface area (TPSA) is 35.6 Å². The molecule has 1 aliphatic carbocycles. The van der Waals surface area contributed by atoms with E-state index < -0.39 is 19.8 Å². The molecule has 12 aromatic rings. The Bertz CT molecular complexity index is 3980. The second-order valence-corrected chi connectivity index (χ2v) is 24.9. The van der Waals surface area contributed by atoms with Crippen molar-refractivity contribution in [2.75, 3.05) is 4.43 Å². The third kappa shape index (κ3) is 7.16. The van der Waals surface area contributed by atoms with Crippen molar-refractivity contribution in [3.8, 4) is 50.7 Å². The Morgan fingerprint density at radius 2 is 1.00 bits per heavy atom. The third-order valence-electron chi connectivity index (χ3n) is 15.0. The van der Waals surface area contributed by atoms with Gasteiger partial charge in [-0.05, 0) is 0 Å². The Hall–Kier alpha value is -8.13. The molecule has 344 valence electrons. The molecule has 2 aliphatic rings. The fourth-order valence-corrected chi connectivity index (χ4v) is 17.6. The quantitative estimate of drug-likeness (QED) is 0.118. The van der Waals surface area contributed by atoms with Crippen LogP contribution in [0.15, 0.2) is 248 Å². The van der Waals surface area contributed by atoms with Crippen molar-refractivity contribution in [1.82, 2.24) is 19.1 Å². The summed E-state index contributed by atoms with van der Waals surface area (Å²) in [6.07, 6.45) is 6.99. The molecule has 14 rings (SSSR count). The number of halogens is 1. The molecule has 0 saturated heterocycles. The van der Waals surface area contributed by atoms with Crippen LogP contribution >= 0.6 is 19.8 Å². The summed E-state index contributed by atoms with van der Waals surface area (Å²) in [5.74, 6) is 0.723. The van der Waals surface area contributed by atoms with Crippen molar-refractivity contribution >= 4 is 69.0 Å². The van der Waals surface area contributed by atoms with Crippen LogP contribution in [-0.4, -0.2) is 23.5 Å². The van der Waals surface area contributed by atoms with Crippen LogP contribution in [0.4, 0.5) is 0 Å². The molecule has 0 radical (unpaired) electrons. The number of hydrogen-bond donors (Lipinski definition) is 0. The fourth-order valence-electron chi connectivity index (χ4n) is 11.6. The molecule has 0 spiro atoms. The molecular weight excluding hydrogens is 988 g/mol. The monoisotopic (exact) mass is 1040 g/mol. The Labute approximate surface area is 426 Å². The molecule has 0 saturated carbocycles. The number of rotatable bonds is 7. The van der Waals surface area contributed by atoms with Gasteiger partial charge in [0.1, 0.15) is 0 Å². The van der Waals surface area contributed by atoms with Crippen molar-refractivity contribution < 1.29 is 0 Å². The molecule has 5 heteroatoms. The van der Waals surface area contributed by atoms with E-state index in [9.17, 15) is 0 Å². The zero-order valence-corrected chi connectivity index (χ0v) is 42.0. The predicted octanol–water partition coefficient (Wildman–Crippen LogP) is 17.4. The van der Waals surface area contributed by atoms with Gasteiger partial charge in [-0.3, -0.25) is 0 Å². The van der Waals surface area contributed by atoms with Gasteiger partial charge in [-0.25, -0.2) is 0 Å². The summed E-state index contributed by atoms with van der Waals surface area (Å²) in [4.78, 5) is 10.2. The standard InChI is InChI=1S/C67H49IN4/c1-67(72-64-29-14-10-25-55(64)56-26-11-15-30-65(56)72)39-37-46-38-40-68(59-36-35-52(42-57(59)58(46)44-67)71-62-27-12-8-23-53(62)54-24-9-13-28-63(54)71)51-33-31-45(32-34-51)49-21-16-22-50(41-49)61-43-60(47-17-4-2-5-18-47)69-66(70-61)48-19-6-3-7-20-48/h2-37,39,41-43H,38,40,44H2,1H3. The fraction of sp³-hybridized carbons (Fsp3) is 0.0746. The summed E-state index contributed by atoms with van der Waals surface area (Å²) in [6.45, 7) is 2.45. The van der Waals surface area contributed by atoms with Gasteiger partial charge in [0.2, 0.25) is 0 Å². The Morgan fingerprint density at radius 3 is 1.65 bits per heavy atom. The summed E-state index contributed by atoms with van der Waals surface area (Å²) in [5, 5.41) is 5.19. The van der Waals surface area contributed by atoms with E-state index in [2.05, 4.69) is 234 Å². The van der Waals surface area contributed by atoms with Gasteiger partial charge < -0.3 is 0 Å². The number of benzene rings is 9. The molecule has 72 heavy (non-hydrogen) atoms. The van der Waals surface area contributed by atoms with Gasteiger partial charge in [-0.15, -0.1) is 0 Å². The van der Waals surface area contributed by atoms with Gasteiger partial charge in [0, 0.05) is 0 Å². The average molecular weight is 1040 g/mol. The van der Waals surface area contributed by atoms with Crippen LogP contribution < -0.4 is 0 Å². The normalized spacial score (nSPS) is 16.1. The zero-order valence-electron chi connectivity index (χ0n) is 39.9. The number of nitrogens with zero attached hydrogens (tertiary/aromatic N) is 4. The summed E-state index contributed by atoms with van der Waals surface area (Å²) in [6, 6.07) is 84.5. The molecule has 0 fully saturated rings. The molecule has 3 aromatic heterocycles. The second kappa shape index (κ2) is 17.3. The average Bonchev–Trinajstić information content (AvgIpc) is 3.92. The number of aromatic nitrogens is 4. The first kappa shape index (κ1) is 42.7. The van der Waals surface area contributed by atoms with Crippen molar-refractivity contribution in [3.05, 3.63) is 261 Å². The molecule has 0 bridgehead atoms. The van der Waals surface area contributed by atoms with Gasteiger partial charge in [0.25, 0.3) is 0 Å². The summed E-state index contributed by atoms with van der Waals surface area (Å²) in [7, 11) is 0. The van der Waals surface area contributed by atoms with Gasteiger partial charge in [-0.1, -0.05) is 36.4 Å². The zero-order chi connectivity index (χ0) is 47.8. The molecule has 4 nitrogen and oxygen atoms in total.